The SMILES string of the molecule is CC(C)(C)Nc1cccc([C@@H]2C[C@H]2N)c1. The summed E-state index contributed by atoms with van der Waals surface area (Å²) in [5.74, 6) is 0.590. The fraction of sp³-hybridized carbons (Fsp3) is 0.538. The van der Waals surface area contributed by atoms with E-state index >= 15 is 0 Å². The molecule has 0 amide bonds. The molecular weight excluding hydrogens is 184 g/mol. The van der Waals surface area contributed by atoms with Crippen LogP contribution in [-0.4, -0.2) is 11.6 Å². The molecule has 82 valence electrons. The molecule has 1 aromatic carbocycles. The molecule has 1 aromatic rings. The summed E-state index contributed by atoms with van der Waals surface area (Å²) in [7, 11) is 0. The van der Waals surface area contributed by atoms with E-state index in [2.05, 4.69) is 50.4 Å². The van der Waals surface area contributed by atoms with Gasteiger partial charge in [-0.1, -0.05) is 12.1 Å². The van der Waals surface area contributed by atoms with Crippen molar-refractivity contribution in [3.8, 4) is 0 Å². The van der Waals surface area contributed by atoms with Gasteiger partial charge in [0, 0.05) is 23.2 Å². The summed E-state index contributed by atoms with van der Waals surface area (Å²) in [6.45, 7) is 6.51. The van der Waals surface area contributed by atoms with Gasteiger partial charge in [0.1, 0.15) is 0 Å². The molecule has 0 unspecified atom stereocenters. The van der Waals surface area contributed by atoms with Crippen molar-refractivity contribution < 1.29 is 0 Å². The van der Waals surface area contributed by atoms with E-state index in [-0.39, 0.29) is 5.54 Å². The van der Waals surface area contributed by atoms with E-state index in [1.54, 1.807) is 0 Å². The quantitative estimate of drug-likeness (QED) is 0.777. The lowest BCUT2D eigenvalue weighted by Crippen LogP contribution is -2.26. The van der Waals surface area contributed by atoms with Crippen LogP contribution in [-0.2, 0) is 0 Å². The Labute approximate surface area is 91.9 Å². The van der Waals surface area contributed by atoms with Crippen LogP contribution in [0.4, 0.5) is 5.69 Å². The number of rotatable bonds is 2. The van der Waals surface area contributed by atoms with Crippen LogP contribution in [0, 0.1) is 0 Å². The van der Waals surface area contributed by atoms with E-state index in [0.29, 0.717) is 12.0 Å². The van der Waals surface area contributed by atoms with Gasteiger partial charge in [-0.15, -0.1) is 0 Å². The van der Waals surface area contributed by atoms with E-state index in [4.69, 9.17) is 5.73 Å². The third kappa shape index (κ3) is 2.72. The second-order valence-corrected chi connectivity index (χ2v) is 5.51. The maximum Gasteiger partial charge on any atom is 0.0347 e. The molecule has 2 atom stereocenters. The molecule has 0 heterocycles. The summed E-state index contributed by atoms with van der Waals surface area (Å²) in [5.41, 5.74) is 8.54. The van der Waals surface area contributed by atoms with Gasteiger partial charge in [-0.2, -0.15) is 0 Å². The standard InChI is InChI=1S/C13H20N2/c1-13(2,3)15-10-6-4-5-9(7-10)11-8-12(11)14/h4-7,11-12,15H,8,14H2,1-3H3/t11-,12+/m0/s1. The Balaban J connectivity index is 2.13. The van der Waals surface area contributed by atoms with Crippen LogP contribution in [0.15, 0.2) is 24.3 Å². The van der Waals surface area contributed by atoms with Crippen molar-refractivity contribution in [2.75, 3.05) is 5.32 Å². The summed E-state index contributed by atoms with van der Waals surface area (Å²) in [5, 5.41) is 3.48. The van der Waals surface area contributed by atoms with Crippen molar-refractivity contribution in [1.82, 2.24) is 0 Å². The van der Waals surface area contributed by atoms with E-state index < -0.39 is 0 Å². The first-order valence-corrected chi connectivity index (χ1v) is 5.59. The third-order valence-corrected chi connectivity index (χ3v) is 2.67. The highest BCUT2D eigenvalue weighted by atomic mass is 14.9. The molecule has 2 heteroatoms. The molecule has 1 aliphatic rings. The molecule has 1 saturated carbocycles. The molecule has 2 rings (SSSR count). The van der Waals surface area contributed by atoms with Crippen LogP contribution in [0.2, 0.25) is 0 Å². The number of hydrogen-bond donors (Lipinski definition) is 2. The molecule has 0 saturated heterocycles. The maximum absolute atomic E-state index is 5.86. The Kier molecular flexibility index (Phi) is 2.47. The molecule has 0 aromatic heterocycles. The Morgan fingerprint density at radius 1 is 1.33 bits per heavy atom. The van der Waals surface area contributed by atoms with E-state index in [0.717, 1.165) is 6.42 Å². The van der Waals surface area contributed by atoms with Crippen molar-refractivity contribution in [2.24, 2.45) is 5.73 Å². The highest BCUT2D eigenvalue weighted by Crippen LogP contribution is 2.39. The first-order chi connectivity index (χ1) is 6.96. The van der Waals surface area contributed by atoms with E-state index in [9.17, 15) is 0 Å². The van der Waals surface area contributed by atoms with Gasteiger partial charge in [-0.05, 0) is 44.9 Å². The predicted octanol–water partition coefficient (Wildman–Crippen LogP) is 2.71. The van der Waals surface area contributed by atoms with Gasteiger partial charge in [-0.3, -0.25) is 0 Å². The molecule has 0 aliphatic heterocycles. The molecule has 1 aliphatic carbocycles. The lowest BCUT2D eigenvalue weighted by atomic mass is 10.1. The molecule has 0 radical (unpaired) electrons. The molecule has 3 N–H and O–H groups in total. The summed E-state index contributed by atoms with van der Waals surface area (Å²) in [6.07, 6.45) is 1.14. The van der Waals surface area contributed by atoms with E-state index in [1.165, 1.54) is 11.3 Å². The molecule has 1 fully saturated rings. The minimum absolute atomic E-state index is 0.115. The number of nitrogens with one attached hydrogen (secondary N) is 1. The number of benzene rings is 1. The Bertz CT molecular complexity index is 352. The van der Waals surface area contributed by atoms with Crippen LogP contribution in [0.5, 0.6) is 0 Å². The summed E-state index contributed by atoms with van der Waals surface area (Å²) in [6, 6.07) is 9.00. The summed E-state index contributed by atoms with van der Waals surface area (Å²) >= 11 is 0. The normalized spacial score (nSPS) is 25.1. The van der Waals surface area contributed by atoms with Crippen LogP contribution in [0.1, 0.15) is 38.7 Å². The van der Waals surface area contributed by atoms with Crippen LogP contribution in [0.3, 0.4) is 0 Å². The second kappa shape index (κ2) is 3.53. The molecule has 2 nitrogen and oxygen atoms in total. The van der Waals surface area contributed by atoms with Gasteiger partial charge in [0.25, 0.3) is 0 Å². The Hall–Kier alpha value is -1.02. The maximum atomic E-state index is 5.86. The largest absolute Gasteiger partial charge is 0.380 e. The zero-order valence-corrected chi connectivity index (χ0v) is 9.75. The molecular formula is C13H20N2. The van der Waals surface area contributed by atoms with Gasteiger partial charge < -0.3 is 11.1 Å². The smallest absolute Gasteiger partial charge is 0.0347 e. The first kappa shape index (κ1) is 10.5. The third-order valence-electron chi connectivity index (χ3n) is 2.67. The minimum atomic E-state index is 0.115. The van der Waals surface area contributed by atoms with Crippen LogP contribution < -0.4 is 11.1 Å². The first-order valence-electron chi connectivity index (χ1n) is 5.59. The highest BCUT2D eigenvalue weighted by Gasteiger charge is 2.34. The average Bonchev–Trinajstić information content (AvgIpc) is 2.80. The minimum Gasteiger partial charge on any atom is -0.380 e. The zero-order valence-electron chi connectivity index (χ0n) is 9.75. The second-order valence-electron chi connectivity index (χ2n) is 5.51. The Morgan fingerprint density at radius 3 is 2.53 bits per heavy atom. The Morgan fingerprint density at radius 2 is 2.00 bits per heavy atom. The van der Waals surface area contributed by atoms with Gasteiger partial charge >= 0.3 is 0 Å². The predicted molar refractivity (Wildman–Crippen MR) is 65.2 cm³/mol. The fourth-order valence-corrected chi connectivity index (χ4v) is 1.88. The number of hydrogen-bond acceptors (Lipinski definition) is 2. The van der Waals surface area contributed by atoms with Crippen LogP contribution >= 0.6 is 0 Å². The topological polar surface area (TPSA) is 38.0 Å². The lowest BCUT2D eigenvalue weighted by Gasteiger charge is -2.22. The zero-order chi connectivity index (χ0) is 11.1. The van der Waals surface area contributed by atoms with Gasteiger partial charge in [0.15, 0.2) is 0 Å². The van der Waals surface area contributed by atoms with Crippen molar-refractivity contribution >= 4 is 5.69 Å². The van der Waals surface area contributed by atoms with Gasteiger partial charge in [-0.25, -0.2) is 0 Å². The summed E-state index contributed by atoms with van der Waals surface area (Å²) < 4.78 is 0. The van der Waals surface area contributed by atoms with E-state index in [1.807, 2.05) is 0 Å². The lowest BCUT2D eigenvalue weighted by molar-refractivity contribution is 0.634. The van der Waals surface area contributed by atoms with Crippen molar-refractivity contribution in [1.29, 1.82) is 0 Å². The fourth-order valence-electron chi connectivity index (χ4n) is 1.88. The highest BCUT2D eigenvalue weighted by molar-refractivity contribution is 5.49. The molecule has 0 bridgehead atoms. The van der Waals surface area contributed by atoms with Crippen molar-refractivity contribution in [2.45, 2.75) is 44.7 Å². The average molecular weight is 204 g/mol. The molecule has 15 heavy (non-hydrogen) atoms. The number of anilines is 1. The summed E-state index contributed by atoms with van der Waals surface area (Å²) in [4.78, 5) is 0. The van der Waals surface area contributed by atoms with Crippen molar-refractivity contribution in [3.05, 3.63) is 29.8 Å². The van der Waals surface area contributed by atoms with Crippen LogP contribution in [0.25, 0.3) is 0 Å². The number of nitrogens with two attached hydrogens (primary N) is 1. The van der Waals surface area contributed by atoms with Gasteiger partial charge in [0.05, 0.1) is 0 Å². The monoisotopic (exact) mass is 204 g/mol. The van der Waals surface area contributed by atoms with Gasteiger partial charge in [0.2, 0.25) is 0 Å². The van der Waals surface area contributed by atoms with Crippen molar-refractivity contribution in [3.63, 3.8) is 0 Å². The molecule has 0 spiro atoms.